The van der Waals surface area contributed by atoms with Crippen molar-refractivity contribution >= 4 is 41.4 Å². The smallest absolute Gasteiger partial charge is 0.340 e. The Morgan fingerprint density at radius 1 is 0.935 bits per heavy atom. The Morgan fingerprint density at radius 3 is 2.13 bits per heavy atom. The van der Waals surface area contributed by atoms with Crippen molar-refractivity contribution in [3.63, 3.8) is 0 Å². The number of carbonyl (C=O) groups excluding carboxylic acids is 3. The molecule has 2 aliphatic heterocycles. The number of esters is 1. The summed E-state index contributed by atoms with van der Waals surface area (Å²) in [5, 5.41) is 60.4. The Kier molecular flexibility index (Phi) is 12.0. The number of carbonyl (C=O) groups is 6. The number of anilines is 1. The van der Waals surface area contributed by atoms with Gasteiger partial charge in [0, 0.05) is 82.3 Å². The van der Waals surface area contributed by atoms with Crippen molar-refractivity contribution in [3.05, 3.63) is 29.8 Å². The molecular formula is C43H58N2O17. The van der Waals surface area contributed by atoms with E-state index in [0.29, 0.717) is 25.9 Å². The van der Waals surface area contributed by atoms with E-state index in [2.05, 4.69) is 11.8 Å². The van der Waals surface area contributed by atoms with E-state index in [-0.39, 0.29) is 84.5 Å². The number of rotatable bonds is 14. The van der Waals surface area contributed by atoms with E-state index in [1.165, 1.54) is 0 Å². The van der Waals surface area contributed by atoms with E-state index in [1.54, 1.807) is 59.6 Å². The van der Waals surface area contributed by atoms with Crippen molar-refractivity contribution in [1.29, 1.82) is 0 Å². The number of amides is 2. The van der Waals surface area contributed by atoms with Crippen LogP contribution in [0, 0.1) is 40.4 Å². The van der Waals surface area contributed by atoms with Gasteiger partial charge in [-0.15, -0.1) is 0 Å². The number of para-hydroxylation sites is 1. The molecule has 7 fully saturated rings. The first kappa shape index (κ1) is 45.9. The summed E-state index contributed by atoms with van der Waals surface area (Å²) in [5.74, 6) is -7.49. The predicted octanol–water partition coefficient (Wildman–Crippen LogP) is 0.787. The molecule has 14 atom stereocenters. The summed E-state index contributed by atoms with van der Waals surface area (Å²) in [6, 6.07) is 6.12. The monoisotopic (exact) mass is 874 g/mol. The minimum atomic E-state index is -2.74. The second-order valence-electron chi connectivity index (χ2n) is 18.4. The van der Waals surface area contributed by atoms with Crippen LogP contribution in [0.4, 0.5) is 5.69 Å². The van der Waals surface area contributed by atoms with Crippen LogP contribution >= 0.6 is 0 Å². The normalized spacial score (nSPS) is 40.2. The number of aliphatic hydroxyl groups is 3. The molecule has 5 saturated carbocycles. The maximum atomic E-state index is 14.1. The molecule has 4 unspecified atom stereocenters. The number of carboxylic acids is 3. The van der Waals surface area contributed by atoms with Crippen LogP contribution in [0.3, 0.4) is 0 Å². The van der Waals surface area contributed by atoms with Crippen LogP contribution in [0.1, 0.15) is 69.2 Å². The molecule has 7 bridgehead atoms. The molecule has 2 amide bonds. The van der Waals surface area contributed by atoms with E-state index < -0.39 is 82.4 Å². The number of fused-ring (bicyclic) bond motifs is 2. The number of aliphatic carboxylic acids is 3. The van der Waals surface area contributed by atoms with Crippen molar-refractivity contribution in [3.8, 4) is 0 Å². The SMILES string of the molecule is CCN1C[C@]2(COC(=O)c3ccccc3N3C(=O)C[C@H](C)C3=O)CC[C@H](OC)C34C1C(O)([C@@H](OC)[C@@H]32)[C@@]1(O)C[C@H](OC)[C@H]2C[C@@H]4C1[C@H]2OC.O=C(O)CC(O)(CC(=O)O)C(=O)O. The van der Waals surface area contributed by atoms with Gasteiger partial charge in [-0.25, -0.2) is 14.5 Å². The van der Waals surface area contributed by atoms with Crippen LogP contribution in [0.25, 0.3) is 0 Å². The molecule has 0 aromatic heterocycles. The van der Waals surface area contributed by atoms with Crippen molar-refractivity contribution in [2.45, 2.75) is 106 Å². The van der Waals surface area contributed by atoms with E-state index in [1.807, 2.05) is 0 Å². The zero-order valence-electron chi connectivity index (χ0n) is 35.7. The van der Waals surface area contributed by atoms with E-state index in [4.69, 9.17) is 44.1 Å². The van der Waals surface area contributed by atoms with Gasteiger partial charge in [0.15, 0.2) is 5.60 Å². The van der Waals surface area contributed by atoms with Gasteiger partial charge in [0.25, 0.3) is 0 Å². The molecule has 2 heterocycles. The Morgan fingerprint density at radius 2 is 1.60 bits per heavy atom. The van der Waals surface area contributed by atoms with Crippen molar-refractivity contribution in [2.24, 2.45) is 40.4 Å². The van der Waals surface area contributed by atoms with E-state index in [9.17, 15) is 39.0 Å². The Hall–Kier alpha value is -4.08. The first-order valence-corrected chi connectivity index (χ1v) is 21.0. The van der Waals surface area contributed by atoms with Gasteiger partial charge in [-0.1, -0.05) is 26.0 Å². The fourth-order valence-electron chi connectivity index (χ4n) is 13.9. The van der Waals surface area contributed by atoms with Crippen LogP contribution < -0.4 is 4.90 Å². The molecule has 6 N–H and O–H groups in total. The van der Waals surface area contributed by atoms with Gasteiger partial charge in [0.1, 0.15) is 11.2 Å². The Bertz CT molecular complexity index is 1980. The average Bonchev–Trinajstić information content (AvgIpc) is 3.75. The van der Waals surface area contributed by atoms with Gasteiger partial charge in [-0.3, -0.25) is 24.1 Å². The van der Waals surface area contributed by atoms with Gasteiger partial charge < -0.3 is 54.3 Å². The molecule has 5 aliphatic carbocycles. The summed E-state index contributed by atoms with van der Waals surface area (Å²) in [6.45, 7) is 4.95. The molecule has 19 nitrogen and oxygen atoms in total. The van der Waals surface area contributed by atoms with Crippen molar-refractivity contribution in [2.75, 3.05) is 53.0 Å². The largest absolute Gasteiger partial charge is 0.481 e. The fourth-order valence-corrected chi connectivity index (χ4v) is 13.9. The topological polar surface area (TPSA) is 276 Å². The van der Waals surface area contributed by atoms with Gasteiger partial charge in [0.2, 0.25) is 11.8 Å². The number of nitrogens with zero attached hydrogens (tertiary/aromatic N) is 2. The van der Waals surface area contributed by atoms with Gasteiger partial charge in [0.05, 0.1) is 61.2 Å². The second-order valence-corrected chi connectivity index (χ2v) is 18.4. The number of piperidine rings is 1. The molecule has 1 aromatic rings. The van der Waals surface area contributed by atoms with Gasteiger partial charge in [-0.05, 0) is 43.9 Å². The van der Waals surface area contributed by atoms with Crippen molar-refractivity contribution in [1.82, 2.24) is 4.90 Å². The lowest BCUT2D eigenvalue weighted by molar-refractivity contribution is -0.320. The summed E-state index contributed by atoms with van der Waals surface area (Å²) in [6.07, 6.45) is -1.48. The highest BCUT2D eigenvalue weighted by Crippen LogP contribution is 2.80. The second kappa shape index (κ2) is 16.2. The molecule has 7 aliphatic rings. The maximum absolute atomic E-state index is 14.1. The fraction of sp³-hybridized carbons (Fsp3) is 0.721. The number of carboxylic acid groups (broad SMARTS) is 3. The quantitative estimate of drug-likeness (QED) is 0.111. The molecular weight excluding hydrogens is 816 g/mol. The summed E-state index contributed by atoms with van der Waals surface area (Å²) in [5.41, 5.74) is -6.91. The number of hydrogen-bond acceptors (Lipinski definition) is 15. The number of hydrogen-bond donors (Lipinski definition) is 6. The number of benzene rings is 1. The number of likely N-dealkylation sites (N-methyl/N-ethyl adjacent to an activating group) is 1. The highest BCUT2D eigenvalue weighted by Gasteiger charge is 2.91. The molecule has 62 heavy (non-hydrogen) atoms. The third-order valence-corrected chi connectivity index (χ3v) is 15.8. The van der Waals surface area contributed by atoms with Crippen LogP contribution in [0.15, 0.2) is 24.3 Å². The maximum Gasteiger partial charge on any atom is 0.340 e. The lowest BCUT2D eigenvalue weighted by Gasteiger charge is -2.70. The number of imide groups is 1. The molecule has 8 rings (SSSR count). The molecule has 19 heteroatoms. The summed E-state index contributed by atoms with van der Waals surface area (Å²) >= 11 is 0. The third-order valence-electron chi connectivity index (χ3n) is 15.8. The Balaban J connectivity index is 0.000000387. The first-order chi connectivity index (χ1) is 29.2. The minimum absolute atomic E-state index is 0.0358. The molecule has 1 spiro atoms. The summed E-state index contributed by atoms with van der Waals surface area (Å²) in [4.78, 5) is 73.8. The zero-order valence-corrected chi connectivity index (χ0v) is 35.7. The van der Waals surface area contributed by atoms with Gasteiger partial charge in [-0.2, -0.15) is 0 Å². The van der Waals surface area contributed by atoms with Crippen LogP contribution in [-0.2, 0) is 47.7 Å². The summed E-state index contributed by atoms with van der Waals surface area (Å²) in [7, 11) is 6.70. The highest BCUT2D eigenvalue weighted by molar-refractivity contribution is 6.22. The first-order valence-electron chi connectivity index (χ1n) is 21.0. The predicted molar refractivity (Wildman–Crippen MR) is 212 cm³/mol. The lowest BCUT2D eigenvalue weighted by atomic mass is 9.42. The zero-order chi connectivity index (χ0) is 45.5. The lowest BCUT2D eigenvalue weighted by Crippen LogP contribution is -2.82. The average molecular weight is 875 g/mol. The van der Waals surface area contributed by atoms with E-state index >= 15 is 0 Å². The Labute approximate surface area is 358 Å². The van der Waals surface area contributed by atoms with Crippen molar-refractivity contribution < 1.29 is 83.1 Å². The molecule has 2 saturated heterocycles. The molecule has 342 valence electrons. The standard InChI is InChI=1S/C37H50N2O10.C6H8O7/c1-7-38-17-34(18-49-32(42)20-10-8-9-11-23(20)39-26(40)14-19(2)31(39)41)13-12-25(46-4)36-22-15-21-24(45-3)16-35(43,27(22)28(21)47-5)37(44,33(36)38)30(48-6)29(34)36;7-3(8)1-6(13,5(11)12)2-4(9)10/h8-11,19,21-22,24-25,27-30,33,43-44H,7,12-18H2,1-6H3;13H,1-2H2,(H,7,8)(H,9,10)(H,11,12)/t19-,21+,22+,24-,25-,27?,28-,29+,30-,33?,34-,35+,36?,37?;/m0./s1. The van der Waals surface area contributed by atoms with Crippen LogP contribution in [0.5, 0.6) is 0 Å². The summed E-state index contributed by atoms with van der Waals surface area (Å²) < 4.78 is 31.4. The van der Waals surface area contributed by atoms with Crippen LogP contribution in [0.2, 0.25) is 0 Å². The third kappa shape index (κ3) is 6.28. The number of likely N-dealkylation sites (tertiary alicyclic amines) is 1. The van der Waals surface area contributed by atoms with Gasteiger partial charge >= 0.3 is 23.9 Å². The minimum Gasteiger partial charge on any atom is -0.481 e. The molecule has 0 radical (unpaired) electrons. The number of methoxy groups -OCH3 is 4. The molecule has 1 aromatic carbocycles. The van der Waals surface area contributed by atoms with E-state index in [0.717, 1.165) is 11.3 Å². The highest BCUT2D eigenvalue weighted by atomic mass is 16.5. The number of ether oxygens (including phenoxy) is 5. The van der Waals surface area contributed by atoms with Crippen LogP contribution in [-0.4, -0.2) is 167 Å².